The molecule has 0 saturated carbocycles. The van der Waals surface area contributed by atoms with E-state index in [1.807, 2.05) is 0 Å². The van der Waals surface area contributed by atoms with Gasteiger partial charge in [-0.25, -0.2) is 13.4 Å². The molecule has 0 fully saturated rings. The van der Waals surface area contributed by atoms with Crippen molar-refractivity contribution in [1.29, 1.82) is 0 Å². The third-order valence-electron chi connectivity index (χ3n) is 2.82. The third kappa shape index (κ3) is 5.96. The first-order chi connectivity index (χ1) is 11.0. The number of hydrogen-bond donors (Lipinski definition) is 0. The van der Waals surface area contributed by atoms with Gasteiger partial charge in [0.25, 0.3) is 0 Å². The zero-order chi connectivity index (χ0) is 17.2. The van der Waals surface area contributed by atoms with E-state index >= 15 is 0 Å². The number of ketones is 1. The van der Waals surface area contributed by atoms with E-state index in [9.17, 15) is 18.2 Å². The Labute approximate surface area is 137 Å². The van der Waals surface area contributed by atoms with Crippen LogP contribution >= 0.6 is 0 Å². The Morgan fingerprint density at radius 1 is 1.09 bits per heavy atom. The van der Waals surface area contributed by atoms with Gasteiger partial charge in [-0.15, -0.1) is 0 Å². The quantitative estimate of drug-likeness (QED) is 0.492. The molecule has 0 radical (unpaired) electrons. The molecule has 6 heteroatoms. The van der Waals surface area contributed by atoms with Crippen LogP contribution < -0.4 is 0 Å². The van der Waals surface area contributed by atoms with Crippen LogP contribution in [0.4, 0.5) is 4.39 Å². The van der Waals surface area contributed by atoms with Crippen molar-refractivity contribution in [3.63, 3.8) is 0 Å². The first-order valence-corrected chi connectivity index (χ1v) is 7.35. The maximum atomic E-state index is 13.5. The Morgan fingerprint density at radius 2 is 1.70 bits per heavy atom. The van der Waals surface area contributed by atoms with Gasteiger partial charge in [-0.3, -0.25) is 4.79 Å². The van der Waals surface area contributed by atoms with Crippen LogP contribution in [0.5, 0.6) is 0 Å². The normalized spacial score (nSPS) is 9.17. The maximum Gasteiger partial charge on any atom is 0.343 e. The molecule has 120 valence electrons. The molecule has 0 N–H and O–H groups in total. The monoisotopic (exact) mass is 334 g/mol. The first-order valence-electron chi connectivity index (χ1n) is 6.55. The number of benzene rings is 2. The number of carbonyl (C=O) groups excluding carboxylic acids is 2. The Hall–Kier alpha value is -2.60. The van der Waals surface area contributed by atoms with Crippen molar-refractivity contribution in [2.24, 2.45) is 0 Å². The molecular formula is C17H15FO4S. The number of carbonyl (C=O) groups is 2. The van der Waals surface area contributed by atoms with Gasteiger partial charge in [0.15, 0.2) is 5.78 Å². The lowest BCUT2D eigenvalue weighted by Crippen LogP contribution is -1.99. The van der Waals surface area contributed by atoms with Crippen molar-refractivity contribution in [1.82, 2.24) is 0 Å². The minimum absolute atomic E-state index is 0.0140. The summed E-state index contributed by atoms with van der Waals surface area (Å²) >= 11 is 0.0848. The Kier molecular flexibility index (Phi) is 7.56. The molecule has 0 spiro atoms. The predicted octanol–water partition coefficient (Wildman–Crippen LogP) is 2.87. The Bertz CT molecular complexity index is 735. The molecule has 0 bridgehead atoms. The molecule has 2 rings (SSSR count). The topological polar surface area (TPSA) is 60.4 Å². The Morgan fingerprint density at radius 3 is 2.13 bits per heavy atom. The molecule has 0 aromatic heterocycles. The number of rotatable bonds is 3. The maximum absolute atomic E-state index is 13.5. The van der Waals surface area contributed by atoms with E-state index in [2.05, 4.69) is 4.74 Å². The minimum atomic E-state index is -0.597. The van der Waals surface area contributed by atoms with Crippen LogP contribution in [0.25, 0.3) is 11.1 Å². The van der Waals surface area contributed by atoms with E-state index in [4.69, 9.17) is 0 Å². The predicted molar refractivity (Wildman–Crippen MR) is 88.1 cm³/mol. The molecule has 0 unspecified atom stereocenters. The summed E-state index contributed by atoms with van der Waals surface area (Å²) in [6.45, 7) is 1.51. The van der Waals surface area contributed by atoms with Crippen LogP contribution in [0.3, 0.4) is 0 Å². The highest BCUT2D eigenvalue weighted by Gasteiger charge is 2.04. The lowest BCUT2D eigenvalue weighted by Gasteiger charge is -2.03. The van der Waals surface area contributed by atoms with Gasteiger partial charge in [0, 0.05) is 11.1 Å². The highest BCUT2D eigenvalue weighted by atomic mass is 32.1. The molecule has 2 aromatic carbocycles. The fraction of sp³-hybridized carbons (Fsp3) is 0.118. The summed E-state index contributed by atoms with van der Waals surface area (Å²) in [5.41, 5.74) is 1.97. The highest BCUT2D eigenvalue weighted by Crippen LogP contribution is 2.22. The molecule has 0 amide bonds. The van der Waals surface area contributed by atoms with Gasteiger partial charge in [0.1, 0.15) is 11.2 Å². The molecule has 0 aliphatic rings. The van der Waals surface area contributed by atoms with Gasteiger partial charge < -0.3 is 4.74 Å². The lowest BCUT2D eigenvalue weighted by atomic mass is 10.0. The Balaban J connectivity index is 0.000000322. The highest BCUT2D eigenvalue weighted by molar-refractivity contribution is 7.66. The van der Waals surface area contributed by atoms with Crippen molar-refractivity contribution in [3.8, 4) is 11.1 Å². The summed E-state index contributed by atoms with van der Waals surface area (Å²) in [6.07, 6.45) is 0. The number of methoxy groups -OCH3 is 1. The number of esters is 1. The van der Waals surface area contributed by atoms with Crippen molar-refractivity contribution in [2.75, 3.05) is 7.11 Å². The molecule has 0 atom stereocenters. The SMILES string of the molecule is CC(=O)c1ccc(-c2ccccc2F)cc1.COC(=O)C=S=O. The summed E-state index contributed by atoms with van der Waals surface area (Å²) in [6, 6.07) is 13.5. The van der Waals surface area contributed by atoms with Gasteiger partial charge >= 0.3 is 5.97 Å². The smallest absolute Gasteiger partial charge is 0.343 e. The molecule has 0 aliphatic carbocycles. The second-order valence-electron chi connectivity index (χ2n) is 4.35. The second-order valence-corrected chi connectivity index (χ2v) is 4.78. The number of halogens is 1. The molecule has 23 heavy (non-hydrogen) atoms. The number of ether oxygens (including phenoxy) is 1. The molecule has 0 heterocycles. The van der Waals surface area contributed by atoms with E-state index in [1.54, 1.807) is 42.5 Å². The molecule has 4 nitrogen and oxygen atoms in total. The van der Waals surface area contributed by atoms with Gasteiger partial charge in [0.05, 0.1) is 18.4 Å². The zero-order valence-corrected chi connectivity index (χ0v) is 13.4. The average Bonchev–Trinajstić information content (AvgIpc) is 2.56. The van der Waals surface area contributed by atoms with Crippen LogP contribution in [0.1, 0.15) is 17.3 Å². The van der Waals surface area contributed by atoms with E-state index in [0.717, 1.165) is 10.9 Å². The van der Waals surface area contributed by atoms with Crippen molar-refractivity contribution in [2.45, 2.75) is 6.92 Å². The van der Waals surface area contributed by atoms with E-state index < -0.39 is 5.97 Å². The molecular weight excluding hydrogens is 319 g/mol. The van der Waals surface area contributed by atoms with Crippen LogP contribution in [-0.4, -0.2) is 28.4 Å². The van der Waals surface area contributed by atoms with Crippen LogP contribution in [0, 0.1) is 5.82 Å². The third-order valence-corrected chi connectivity index (χ3v) is 3.11. The largest absolute Gasteiger partial charge is 0.465 e. The van der Waals surface area contributed by atoms with Crippen molar-refractivity contribution >= 4 is 28.4 Å². The zero-order valence-electron chi connectivity index (χ0n) is 12.6. The van der Waals surface area contributed by atoms with E-state index in [1.165, 1.54) is 20.1 Å². The van der Waals surface area contributed by atoms with Crippen LogP contribution in [0.2, 0.25) is 0 Å². The van der Waals surface area contributed by atoms with Crippen LogP contribution in [0.15, 0.2) is 48.5 Å². The van der Waals surface area contributed by atoms with E-state index in [0.29, 0.717) is 11.1 Å². The number of hydrogen-bond acceptors (Lipinski definition) is 4. The van der Waals surface area contributed by atoms with Gasteiger partial charge in [0.2, 0.25) is 0 Å². The minimum Gasteiger partial charge on any atom is -0.465 e. The van der Waals surface area contributed by atoms with Gasteiger partial charge in [-0.1, -0.05) is 42.5 Å². The summed E-state index contributed by atoms with van der Waals surface area (Å²) in [7, 11) is 1.22. The number of Topliss-reactive ketones (excluding diaryl/α,β-unsaturated/α-hetero) is 1. The average molecular weight is 334 g/mol. The molecule has 2 aromatic rings. The standard InChI is InChI=1S/C14H11FO.C3H4O3S/c1-10(16)11-6-8-12(9-7-11)13-4-2-3-5-14(13)15;1-6-3(4)2-7-5/h2-9H,1H3;2H,1H3. The van der Waals surface area contributed by atoms with E-state index in [-0.39, 0.29) is 22.9 Å². The van der Waals surface area contributed by atoms with Gasteiger partial charge in [-0.05, 0) is 18.6 Å². The summed E-state index contributed by atoms with van der Waals surface area (Å²) in [4.78, 5) is 21.0. The summed E-state index contributed by atoms with van der Waals surface area (Å²) in [5.74, 6) is -0.835. The summed E-state index contributed by atoms with van der Waals surface area (Å²) in [5, 5.41) is 0.847. The first kappa shape index (κ1) is 18.4. The fourth-order valence-electron chi connectivity index (χ4n) is 1.67. The van der Waals surface area contributed by atoms with Gasteiger partial charge in [-0.2, -0.15) is 0 Å². The fourth-order valence-corrected chi connectivity index (χ4v) is 1.84. The molecule has 0 saturated heterocycles. The van der Waals surface area contributed by atoms with Crippen molar-refractivity contribution < 1.29 is 22.9 Å². The van der Waals surface area contributed by atoms with Crippen molar-refractivity contribution in [3.05, 3.63) is 59.9 Å². The van der Waals surface area contributed by atoms with Crippen LogP contribution in [-0.2, 0) is 20.8 Å². The lowest BCUT2D eigenvalue weighted by molar-refractivity contribution is -0.131. The second kappa shape index (κ2) is 9.42. The molecule has 0 aliphatic heterocycles. The summed E-state index contributed by atoms with van der Waals surface area (Å²) < 4.78 is 27.0.